The van der Waals surface area contributed by atoms with Gasteiger partial charge in [0.2, 0.25) is 5.95 Å². The molecule has 0 saturated carbocycles. The lowest BCUT2D eigenvalue weighted by molar-refractivity contribution is -0.144. The molecular formula is C17H21FN8O5. The standard InChI is InChI=1S/C17H21FN8O5/c1-6(2)9(15(29)31-3)23-13(27)10-8(18)4-7(5-21-10)22-17(30)24-11-12(19)25-16(20)26-14(11)28/h4-6,9H,1-3H3,(H,23,27)(H2,22,24,30)(H5,19,20,25,26,28)/t9-/m0/s1. The number of nitrogens with one attached hydrogen (secondary N) is 4. The van der Waals surface area contributed by atoms with Gasteiger partial charge in [-0.15, -0.1) is 0 Å². The molecule has 3 amide bonds. The average Bonchev–Trinajstić information content (AvgIpc) is 2.68. The Hall–Kier alpha value is -4.23. The maximum atomic E-state index is 14.4. The van der Waals surface area contributed by atoms with E-state index in [0.717, 1.165) is 19.4 Å². The Morgan fingerprint density at radius 3 is 2.45 bits per heavy atom. The summed E-state index contributed by atoms with van der Waals surface area (Å²) >= 11 is 0. The summed E-state index contributed by atoms with van der Waals surface area (Å²) in [5.41, 5.74) is 8.98. The predicted octanol–water partition coefficient (Wildman–Crippen LogP) is 0.0398. The molecule has 14 heteroatoms. The molecule has 0 spiro atoms. The molecule has 0 radical (unpaired) electrons. The van der Waals surface area contributed by atoms with Crippen molar-refractivity contribution in [3.8, 4) is 0 Å². The fraction of sp³-hybridized carbons (Fsp3) is 0.294. The number of H-pyrrole nitrogens is 1. The fourth-order valence-electron chi connectivity index (χ4n) is 2.41. The van der Waals surface area contributed by atoms with Gasteiger partial charge in [0.1, 0.15) is 6.04 Å². The van der Waals surface area contributed by atoms with Crippen molar-refractivity contribution in [3.05, 3.63) is 34.1 Å². The van der Waals surface area contributed by atoms with E-state index < -0.39 is 41.0 Å². The molecule has 2 aromatic heterocycles. The number of anilines is 4. The highest BCUT2D eigenvalue weighted by Crippen LogP contribution is 2.15. The Morgan fingerprint density at radius 2 is 1.90 bits per heavy atom. The number of carbonyl (C=O) groups is 3. The van der Waals surface area contributed by atoms with Gasteiger partial charge in [-0.05, 0) is 5.92 Å². The molecule has 2 heterocycles. The van der Waals surface area contributed by atoms with Gasteiger partial charge in [-0.2, -0.15) is 4.98 Å². The molecule has 0 saturated heterocycles. The van der Waals surface area contributed by atoms with Crippen LogP contribution in [0.2, 0.25) is 0 Å². The van der Waals surface area contributed by atoms with Gasteiger partial charge in [0.05, 0.1) is 19.0 Å². The first-order valence-electron chi connectivity index (χ1n) is 8.81. The van der Waals surface area contributed by atoms with Crippen LogP contribution in [-0.2, 0) is 9.53 Å². The summed E-state index contributed by atoms with van der Waals surface area (Å²) < 4.78 is 19.0. The van der Waals surface area contributed by atoms with Gasteiger partial charge in [0.25, 0.3) is 11.5 Å². The van der Waals surface area contributed by atoms with Gasteiger partial charge < -0.3 is 26.8 Å². The van der Waals surface area contributed by atoms with E-state index in [2.05, 4.69) is 35.6 Å². The highest BCUT2D eigenvalue weighted by Gasteiger charge is 2.27. The molecule has 13 nitrogen and oxygen atoms in total. The van der Waals surface area contributed by atoms with E-state index in [0.29, 0.717) is 0 Å². The first-order valence-corrected chi connectivity index (χ1v) is 8.81. The predicted molar refractivity (Wildman–Crippen MR) is 109 cm³/mol. The molecule has 0 aliphatic rings. The van der Waals surface area contributed by atoms with Crippen molar-refractivity contribution >= 4 is 41.0 Å². The number of amides is 3. The van der Waals surface area contributed by atoms with E-state index in [-0.39, 0.29) is 29.1 Å². The molecule has 0 aromatic carbocycles. The Bertz CT molecular complexity index is 1070. The molecule has 0 fully saturated rings. The molecule has 1 atom stereocenters. The van der Waals surface area contributed by atoms with Crippen molar-refractivity contribution in [3.63, 3.8) is 0 Å². The molecule has 166 valence electrons. The number of rotatable bonds is 6. The summed E-state index contributed by atoms with van der Waals surface area (Å²) in [6.45, 7) is 3.34. The van der Waals surface area contributed by atoms with Crippen LogP contribution in [0.15, 0.2) is 17.1 Å². The van der Waals surface area contributed by atoms with E-state index >= 15 is 0 Å². The van der Waals surface area contributed by atoms with E-state index in [9.17, 15) is 23.6 Å². The second-order valence-corrected chi connectivity index (χ2v) is 6.56. The van der Waals surface area contributed by atoms with Gasteiger partial charge in [-0.3, -0.25) is 19.9 Å². The monoisotopic (exact) mass is 436 g/mol. The van der Waals surface area contributed by atoms with Crippen molar-refractivity contribution in [1.82, 2.24) is 20.3 Å². The zero-order valence-corrected chi connectivity index (χ0v) is 16.8. The summed E-state index contributed by atoms with van der Waals surface area (Å²) in [4.78, 5) is 57.3. The fourth-order valence-corrected chi connectivity index (χ4v) is 2.41. The Balaban J connectivity index is 2.12. The molecule has 31 heavy (non-hydrogen) atoms. The third-order valence-electron chi connectivity index (χ3n) is 3.93. The highest BCUT2D eigenvalue weighted by atomic mass is 19.1. The smallest absolute Gasteiger partial charge is 0.328 e. The minimum absolute atomic E-state index is 0.127. The normalized spacial score (nSPS) is 11.5. The molecule has 2 aromatic rings. The number of nitrogens with zero attached hydrogens (tertiary/aromatic N) is 2. The molecule has 0 unspecified atom stereocenters. The number of nitrogen functional groups attached to an aromatic ring is 2. The topological polar surface area (TPSA) is 207 Å². The largest absolute Gasteiger partial charge is 0.467 e. The number of esters is 1. The van der Waals surface area contributed by atoms with Crippen LogP contribution in [0.5, 0.6) is 0 Å². The molecular weight excluding hydrogens is 415 g/mol. The number of hydrogen-bond acceptors (Lipinski definition) is 9. The number of urea groups is 1. The van der Waals surface area contributed by atoms with Gasteiger partial charge in [-0.25, -0.2) is 19.0 Å². The summed E-state index contributed by atoms with van der Waals surface area (Å²) in [6.07, 6.45) is 1.01. The molecule has 0 aliphatic heterocycles. The van der Waals surface area contributed by atoms with Gasteiger partial charge in [-0.1, -0.05) is 13.8 Å². The van der Waals surface area contributed by atoms with Gasteiger partial charge in [0.15, 0.2) is 23.0 Å². The van der Waals surface area contributed by atoms with Crippen LogP contribution < -0.4 is 33.0 Å². The van der Waals surface area contributed by atoms with Crippen LogP contribution >= 0.6 is 0 Å². The third kappa shape index (κ3) is 5.65. The number of hydrogen-bond donors (Lipinski definition) is 6. The van der Waals surface area contributed by atoms with Crippen molar-refractivity contribution < 1.29 is 23.5 Å². The summed E-state index contributed by atoms with van der Waals surface area (Å²) in [6, 6.07) is -1.12. The number of aromatic amines is 1. The van der Waals surface area contributed by atoms with E-state index in [1.165, 1.54) is 0 Å². The quantitative estimate of drug-likeness (QED) is 0.337. The van der Waals surface area contributed by atoms with Gasteiger partial charge >= 0.3 is 12.0 Å². The van der Waals surface area contributed by atoms with Crippen molar-refractivity contribution in [1.29, 1.82) is 0 Å². The number of ether oxygens (including phenoxy) is 1. The second kappa shape index (κ2) is 9.51. The van der Waals surface area contributed by atoms with Crippen LogP contribution in [0.3, 0.4) is 0 Å². The summed E-state index contributed by atoms with van der Waals surface area (Å²) in [7, 11) is 1.16. The zero-order valence-electron chi connectivity index (χ0n) is 16.8. The SMILES string of the molecule is COC(=O)[C@@H](NC(=O)c1ncc(NC(=O)Nc2c(N)nc(N)[nH]c2=O)cc1F)C(C)C. The summed E-state index contributed by atoms with van der Waals surface area (Å²) in [5.74, 6) is -3.56. The number of pyridine rings is 1. The average molecular weight is 436 g/mol. The van der Waals surface area contributed by atoms with Crippen LogP contribution in [-0.4, -0.2) is 46.0 Å². The van der Waals surface area contributed by atoms with Crippen LogP contribution in [0.1, 0.15) is 24.3 Å². The maximum absolute atomic E-state index is 14.4. The Morgan fingerprint density at radius 1 is 1.23 bits per heavy atom. The minimum atomic E-state index is -1.06. The molecule has 0 aliphatic carbocycles. The van der Waals surface area contributed by atoms with E-state index in [4.69, 9.17) is 11.5 Å². The number of halogens is 1. The van der Waals surface area contributed by atoms with Crippen molar-refractivity contribution in [2.45, 2.75) is 19.9 Å². The number of nitrogens with two attached hydrogens (primary N) is 2. The number of carbonyl (C=O) groups excluding carboxylic acids is 3. The van der Waals surface area contributed by atoms with Crippen molar-refractivity contribution in [2.24, 2.45) is 5.92 Å². The lowest BCUT2D eigenvalue weighted by Gasteiger charge is -2.19. The molecule has 2 rings (SSSR count). The third-order valence-corrected chi connectivity index (χ3v) is 3.93. The first kappa shape index (κ1) is 23.1. The van der Waals surface area contributed by atoms with Crippen LogP contribution in [0.25, 0.3) is 0 Å². The Labute approximate surface area is 174 Å². The van der Waals surface area contributed by atoms with E-state index in [1.54, 1.807) is 13.8 Å². The summed E-state index contributed by atoms with van der Waals surface area (Å²) in [5, 5.41) is 6.73. The zero-order chi connectivity index (χ0) is 23.3. The van der Waals surface area contributed by atoms with Crippen LogP contribution in [0.4, 0.5) is 32.3 Å². The molecule has 8 N–H and O–H groups in total. The Kier molecular flexibility index (Phi) is 7.07. The van der Waals surface area contributed by atoms with Crippen molar-refractivity contribution in [2.75, 3.05) is 29.2 Å². The van der Waals surface area contributed by atoms with Crippen LogP contribution in [0, 0.1) is 11.7 Å². The lowest BCUT2D eigenvalue weighted by atomic mass is 10.0. The minimum Gasteiger partial charge on any atom is -0.467 e. The first-order chi connectivity index (χ1) is 14.5. The highest BCUT2D eigenvalue weighted by molar-refractivity contribution is 6.01. The maximum Gasteiger partial charge on any atom is 0.328 e. The lowest BCUT2D eigenvalue weighted by Crippen LogP contribution is -2.45. The van der Waals surface area contributed by atoms with Gasteiger partial charge in [0, 0.05) is 6.07 Å². The number of aromatic nitrogens is 3. The van der Waals surface area contributed by atoms with E-state index in [1.807, 2.05) is 0 Å². The molecule has 0 bridgehead atoms. The second-order valence-electron chi connectivity index (χ2n) is 6.56. The number of methoxy groups -OCH3 is 1.